The molecule has 0 unspecified atom stereocenters. The Bertz CT molecular complexity index is 739. The molecule has 0 bridgehead atoms. The lowest BCUT2D eigenvalue weighted by atomic mass is 9.76. The molecule has 0 radical (unpaired) electrons. The quantitative estimate of drug-likeness (QED) is 0.475. The first-order valence-corrected chi connectivity index (χ1v) is 7.60. The summed E-state index contributed by atoms with van der Waals surface area (Å²) >= 11 is 0. The second kappa shape index (κ2) is 6.63. The minimum atomic E-state index is -0.0455. The molecule has 118 valence electrons. The predicted molar refractivity (Wildman–Crippen MR) is 89.1 cm³/mol. The van der Waals surface area contributed by atoms with Crippen LogP contribution in [0.2, 0.25) is 0 Å². The highest BCUT2D eigenvalue weighted by atomic mass is 16.5. The van der Waals surface area contributed by atoms with Crippen molar-refractivity contribution in [3.8, 4) is 11.5 Å². The van der Waals surface area contributed by atoms with Crippen molar-refractivity contribution >= 4 is 0 Å². The van der Waals surface area contributed by atoms with Crippen molar-refractivity contribution in [2.75, 3.05) is 14.2 Å². The highest BCUT2D eigenvalue weighted by Gasteiger charge is 2.29. The number of rotatable bonds is 4. The minimum Gasteiger partial charge on any atom is -0.493 e. The molecule has 0 spiro atoms. The molecular formula is C18H19N3O2. The van der Waals surface area contributed by atoms with E-state index in [1.807, 2.05) is 24.3 Å². The van der Waals surface area contributed by atoms with Gasteiger partial charge < -0.3 is 9.47 Å². The van der Waals surface area contributed by atoms with Crippen molar-refractivity contribution in [1.29, 1.82) is 0 Å². The summed E-state index contributed by atoms with van der Waals surface area (Å²) in [5.74, 6) is 1.63. The summed E-state index contributed by atoms with van der Waals surface area (Å²) in [5.41, 5.74) is 12.4. The number of hydrogen-bond acceptors (Lipinski definition) is 3. The van der Waals surface area contributed by atoms with Gasteiger partial charge in [-0.15, -0.1) is 0 Å². The monoisotopic (exact) mass is 309 g/mol. The molecule has 2 aromatic carbocycles. The molecule has 2 atom stereocenters. The van der Waals surface area contributed by atoms with Gasteiger partial charge in [-0.1, -0.05) is 35.4 Å². The van der Waals surface area contributed by atoms with E-state index < -0.39 is 0 Å². The molecule has 5 nitrogen and oxygen atoms in total. The third-order valence-corrected chi connectivity index (χ3v) is 4.40. The number of azide groups is 1. The largest absolute Gasteiger partial charge is 0.493 e. The third-order valence-electron chi connectivity index (χ3n) is 4.40. The first-order valence-electron chi connectivity index (χ1n) is 7.60. The second-order valence-electron chi connectivity index (χ2n) is 5.67. The van der Waals surface area contributed by atoms with Gasteiger partial charge >= 0.3 is 0 Å². The van der Waals surface area contributed by atoms with Crippen LogP contribution in [0.4, 0.5) is 0 Å². The second-order valence-corrected chi connectivity index (χ2v) is 5.67. The zero-order valence-electron chi connectivity index (χ0n) is 13.3. The molecule has 23 heavy (non-hydrogen) atoms. The van der Waals surface area contributed by atoms with E-state index in [4.69, 9.17) is 15.0 Å². The zero-order valence-corrected chi connectivity index (χ0v) is 13.3. The van der Waals surface area contributed by atoms with Gasteiger partial charge in [0, 0.05) is 16.9 Å². The molecular weight excluding hydrogens is 290 g/mol. The summed E-state index contributed by atoms with van der Waals surface area (Å²) < 4.78 is 10.9. The molecule has 3 rings (SSSR count). The van der Waals surface area contributed by atoms with Gasteiger partial charge in [0.15, 0.2) is 11.5 Å². The number of nitrogens with zero attached hydrogens (tertiary/aromatic N) is 3. The van der Waals surface area contributed by atoms with Crippen LogP contribution in [-0.4, -0.2) is 20.3 Å². The maximum absolute atomic E-state index is 8.82. The van der Waals surface area contributed by atoms with E-state index in [2.05, 4.69) is 28.2 Å². The highest BCUT2D eigenvalue weighted by molar-refractivity contribution is 5.52. The fourth-order valence-corrected chi connectivity index (χ4v) is 3.34. The molecule has 0 saturated carbocycles. The van der Waals surface area contributed by atoms with Gasteiger partial charge in [-0.3, -0.25) is 0 Å². The first-order chi connectivity index (χ1) is 11.3. The van der Waals surface area contributed by atoms with Crippen molar-refractivity contribution in [3.05, 3.63) is 69.6 Å². The smallest absolute Gasteiger partial charge is 0.161 e. The number of hydrogen-bond donors (Lipinski definition) is 0. The Hall–Kier alpha value is -2.65. The fourth-order valence-electron chi connectivity index (χ4n) is 3.34. The van der Waals surface area contributed by atoms with Crippen LogP contribution in [-0.2, 0) is 6.42 Å². The van der Waals surface area contributed by atoms with Gasteiger partial charge in [0.05, 0.1) is 14.2 Å². The van der Waals surface area contributed by atoms with E-state index in [9.17, 15) is 0 Å². The lowest BCUT2D eigenvalue weighted by Gasteiger charge is -2.30. The summed E-state index contributed by atoms with van der Waals surface area (Å²) in [6.07, 6.45) is 1.53. The van der Waals surface area contributed by atoms with Crippen molar-refractivity contribution in [2.45, 2.75) is 24.8 Å². The summed E-state index contributed by atoms with van der Waals surface area (Å²) in [6.45, 7) is 0. The Kier molecular flexibility index (Phi) is 4.40. The van der Waals surface area contributed by atoms with Crippen LogP contribution < -0.4 is 9.47 Å². The number of methoxy groups -OCH3 is 2. The Morgan fingerprint density at radius 2 is 1.78 bits per heavy atom. The maximum Gasteiger partial charge on any atom is 0.161 e. The molecule has 0 aromatic heterocycles. The van der Waals surface area contributed by atoms with Crippen LogP contribution in [0.1, 0.15) is 29.0 Å². The molecule has 1 aliphatic rings. The molecule has 0 saturated heterocycles. The number of benzene rings is 2. The molecule has 1 aliphatic carbocycles. The molecule has 0 N–H and O–H groups in total. The van der Waals surface area contributed by atoms with Gasteiger partial charge in [-0.05, 0) is 47.2 Å². The van der Waals surface area contributed by atoms with Crippen LogP contribution in [0.15, 0.2) is 47.6 Å². The highest BCUT2D eigenvalue weighted by Crippen LogP contribution is 2.42. The first kappa shape index (κ1) is 15.3. The average molecular weight is 309 g/mol. The van der Waals surface area contributed by atoms with Crippen molar-refractivity contribution in [1.82, 2.24) is 0 Å². The Balaban J connectivity index is 2.12. The van der Waals surface area contributed by atoms with Crippen LogP contribution >= 0.6 is 0 Å². The van der Waals surface area contributed by atoms with E-state index >= 15 is 0 Å². The van der Waals surface area contributed by atoms with E-state index in [-0.39, 0.29) is 12.0 Å². The molecule has 5 heteroatoms. The van der Waals surface area contributed by atoms with Gasteiger partial charge in [-0.2, -0.15) is 0 Å². The normalized spacial score (nSPS) is 19.4. The lowest BCUT2D eigenvalue weighted by Crippen LogP contribution is -2.22. The molecule has 0 aliphatic heterocycles. The molecule has 0 amide bonds. The summed E-state index contributed by atoms with van der Waals surface area (Å²) in [4.78, 5) is 3.01. The van der Waals surface area contributed by atoms with Gasteiger partial charge in [0.2, 0.25) is 0 Å². The standard InChI is InChI=1S/C18H19N3O2/c1-22-17-9-13-8-14(20-21-19)10-15(12-6-4-3-5-7-12)16(13)11-18(17)23-2/h3-7,9,11,14-15H,8,10H2,1-2H3/t14-,15+/m1/s1. The third kappa shape index (κ3) is 2.96. The van der Waals surface area contributed by atoms with Crippen LogP contribution in [0.3, 0.4) is 0 Å². The summed E-state index contributed by atoms with van der Waals surface area (Å²) in [5, 5.41) is 3.96. The Morgan fingerprint density at radius 1 is 1.09 bits per heavy atom. The van der Waals surface area contributed by atoms with Crippen molar-refractivity contribution in [2.24, 2.45) is 5.11 Å². The number of fused-ring (bicyclic) bond motifs is 1. The lowest BCUT2D eigenvalue weighted by molar-refractivity contribution is 0.352. The van der Waals surface area contributed by atoms with E-state index in [0.29, 0.717) is 5.75 Å². The maximum atomic E-state index is 8.82. The minimum absolute atomic E-state index is 0.0455. The topological polar surface area (TPSA) is 67.2 Å². The van der Waals surface area contributed by atoms with Gasteiger partial charge in [0.1, 0.15) is 0 Å². The zero-order chi connectivity index (χ0) is 16.2. The van der Waals surface area contributed by atoms with Crippen LogP contribution in [0.5, 0.6) is 11.5 Å². The van der Waals surface area contributed by atoms with E-state index in [0.717, 1.165) is 24.2 Å². The summed E-state index contributed by atoms with van der Waals surface area (Å²) in [7, 11) is 3.28. The SMILES string of the molecule is COc1cc2c(cc1OC)[C@H](c1ccccc1)C[C@H](N=[N+]=[N-])C2. The van der Waals surface area contributed by atoms with Crippen molar-refractivity contribution < 1.29 is 9.47 Å². The average Bonchev–Trinajstić information content (AvgIpc) is 2.61. The fraction of sp³-hybridized carbons (Fsp3) is 0.333. The van der Waals surface area contributed by atoms with Crippen molar-refractivity contribution in [3.63, 3.8) is 0 Å². The number of ether oxygens (including phenoxy) is 2. The summed E-state index contributed by atoms with van der Waals surface area (Å²) in [6, 6.07) is 14.3. The predicted octanol–water partition coefficient (Wildman–Crippen LogP) is 4.46. The van der Waals surface area contributed by atoms with Gasteiger partial charge in [0.25, 0.3) is 0 Å². The van der Waals surface area contributed by atoms with Gasteiger partial charge in [-0.25, -0.2) is 0 Å². The van der Waals surface area contributed by atoms with Crippen LogP contribution in [0.25, 0.3) is 10.4 Å². The Morgan fingerprint density at radius 3 is 2.43 bits per heavy atom. The van der Waals surface area contributed by atoms with E-state index in [1.165, 1.54) is 11.1 Å². The Labute approximate surface area is 135 Å². The van der Waals surface area contributed by atoms with Crippen LogP contribution in [0, 0.1) is 0 Å². The molecule has 0 fully saturated rings. The van der Waals surface area contributed by atoms with E-state index in [1.54, 1.807) is 14.2 Å². The molecule has 2 aromatic rings. The molecule has 0 heterocycles.